The third kappa shape index (κ3) is 9.26. The van der Waals surface area contributed by atoms with Crippen molar-refractivity contribution in [3.05, 3.63) is 0 Å². The number of carbonyl (C=O) groups is 1. The lowest BCUT2D eigenvalue weighted by Gasteiger charge is -2.55. The van der Waals surface area contributed by atoms with Crippen LogP contribution in [0.1, 0.15) is 194 Å². The second-order valence-corrected chi connectivity index (χ2v) is 13.9. The molecule has 0 aliphatic heterocycles. The molecule has 38 heavy (non-hydrogen) atoms. The van der Waals surface area contributed by atoms with Gasteiger partial charge < -0.3 is 4.74 Å². The van der Waals surface area contributed by atoms with Gasteiger partial charge in [-0.25, -0.2) is 0 Å². The predicted molar refractivity (Wildman–Crippen MR) is 163 cm³/mol. The van der Waals surface area contributed by atoms with Crippen LogP contribution in [-0.4, -0.2) is 12.6 Å². The van der Waals surface area contributed by atoms with Crippen LogP contribution in [0.25, 0.3) is 0 Å². The minimum Gasteiger partial charge on any atom is -0.465 e. The molecule has 3 fully saturated rings. The zero-order valence-electron chi connectivity index (χ0n) is 26.0. The summed E-state index contributed by atoms with van der Waals surface area (Å²) in [6.45, 7) is 5.26. The van der Waals surface area contributed by atoms with E-state index < -0.39 is 0 Å². The molecule has 0 bridgehead atoms. The molecular formula is C36H66O2. The monoisotopic (exact) mass is 531 g/mol. The molecule has 222 valence electrons. The lowest BCUT2D eigenvalue weighted by Crippen LogP contribution is -2.52. The van der Waals surface area contributed by atoms with Crippen LogP contribution < -0.4 is 0 Å². The van der Waals surface area contributed by atoms with Crippen molar-refractivity contribution in [1.29, 1.82) is 0 Å². The van der Waals surface area contributed by atoms with E-state index in [0.717, 1.165) is 31.1 Å². The smallest absolute Gasteiger partial charge is 0.312 e. The van der Waals surface area contributed by atoms with Crippen molar-refractivity contribution < 1.29 is 9.53 Å². The Morgan fingerprint density at radius 3 is 1.68 bits per heavy atom. The van der Waals surface area contributed by atoms with Gasteiger partial charge in [-0.05, 0) is 68.6 Å². The summed E-state index contributed by atoms with van der Waals surface area (Å²) in [7, 11) is 0. The summed E-state index contributed by atoms with van der Waals surface area (Å²) < 4.78 is 6.26. The Kier molecular flexibility index (Phi) is 15.2. The highest BCUT2D eigenvalue weighted by molar-refractivity contribution is 5.78. The van der Waals surface area contributed by atoms with Crippen LogP contribution in [-0.2, 0) is 9.53 Å². The van der Waals surface area contributed by atoms with Gasteiger partial charge in [0.2, 0.25) is 0 Å². The summed E-state index contributed by atoms with van der Waals surface area (Å²) in [6.07, 6.45) is 37.0. The molecule has 0 N–H and O–H groups in total. The highest BCUT2D eigenvalue weighted by atomic mass is 16.5. The molecular weight excluding hydrogens is 464 g/mol. The average molecular weight is 531 g/mol. The Hall–Kier alpha value is -0.530. The van der Waals surface area contributed by atoms with Gasteiger partial charge in [0.1, 0.15) is 0 Å². The van der Waals surface area contributed by atoms with E-state index in [1.165, 1.54) is 161 Å². The van der Waals surface area contributed by atoms with E-state index in [1.807, 2.05) is 0 Å². The van der Waals surface area contributed by atoms with Crippen molar-refractivity contribution in [3.63, 3.8) is 0 Å². The number of esters is 1. The first-order chi connectivity index (χ1) is 18.7. The molecule has 0 saturated heterocycles. The maximum Gasteiger partial charge on any atom is 0.312 e. The van der Waals surface area contributed by atoms with Gasteiger partial charge in [0.25, 0.3) is 0 Å². The predicted octanol–water partition coefficient (Wildman–Crippen LogP) is 11.7. The minimum absolute atomic E-state index is 0.187. The first-order valence-electron chi connectivity index (χ1n) is 17.8. The van der Waals surface area contributed by atoms with Crippen molar-refractivity contribution in [2.45, 2.75) is 194 Å². The molecule has 2 nitrogen and oxygen atoms in total. The molecule has 0 heterocycles. The van der Waals surface area contributed by atoms with Crippen LogP contribution in [0.2, 0.25) is 0 Å². The summed E-state index contributed by atoms with van der Waals surface area (Å²) >= 11 is 0. The molecule has 0 atom stereocenters. The summed E-state index contributed by atoms with van der Waals surface area (Å²) in [5.74, 6) is 2.13. The second-order valence-electron chi connectivity index (χ2n) is 13.9. The summed E-state index contributed by atoms with van der Waals surface area (Å²) in [6, 6.07) is 0. The van der Waals surface area contributed by atoms with E-state index in [-0.39, 0.29) is 16.8 Å². The average Bonchev–Trinajstić information content (AvgIpc) is 2.97. The van der Waals surface area contributed by atoms with Crippen molar-refractivity contribution in [2.75, 3.05) is 6.61 Å². The van der Waals surface area contributed by atoms with Crippen molar-refractivity contribution in [1.82, 2.24) is 0 Å². The first-order valence-corrected chi connectivity index (χ1v) is 17.8. The Morgan fingerprint density at radius 2 is 1.08 bits per heavy atom. The lowest BCUT2D eigenvalue weighted by molar-refractivity contribution is -0.175. The summed E-state index contributed by atoms with van der Waals surface area (Å²) in [5, 5.41) is 0. The molecule has 3 saturated carbocycles. The fourth-order valence-corrected chi connectivity index (χ4v) is 8.95. The van der Waals surface area contributed by atoms with Crippen LogP contribution in [0.15, 0.2) is 0 Å². The third-order valence-electron chi connectivity index (χ3n) is 11.4. The maximum atomic E-state index is 14.1. The number of unbranched alkanes of at least 4 members (excludes halogenated alkanes) is 11. The second kappa shape index (κ2) is 18.0. The Morgan fingerprint density at radius 1 is 0.579 bits per heavy atom. The highest BCUT2D eigenvalue weighted by Crippen LogP contribution is 2.61. The van der Waals surface area contributed by atoms with E-state index in [4.69, 9.17) is 4.74 Å². The summed E-state index contributed by atoms with van der Waals surface area (Å²) in [5.41, 5.74) is 0.0227. The number of carbonyl (C=O) groups excluding carboxylic acids is 1. The molecule has 3 aliphatic carbocycles. The van der Waals surface area contributed by atoms with E-state index in [9.17, 15) is 4.79 Å². The van der Waals surface area contributed by atoms with Crippen LogP contribution >= 0.6 is 0 Å². The van der Waals surface area contributed by atoms with E-state index in [0.29, 0.717) is 6.61 Å². The SMILES string of the molecule is CCCCCCCCCCOC(=O)C1(C2(CCCCCCC)CCC(C3CCCCC3)CC2)CCCCC1. The van der Waals surface area contributed by atoms with Gasteiger partial charge >= 0.3 is 5.97 Å². The number of hydrogen-bond donors (Lipinski definition) is 0. The molecule has 3 rings (SSSR count). The topological polar surface area (TPSA) is 26.3 Å². The molecule has 2 heteroatoms. The fourth-order valence-electron chi connectivity index (χ4n) is 8.95. The Labute approximate surface area is 238 Å². The molecule has 0 amide bonds. The number of rotatable bonds is 18. The van der Waals surface area contributed by atoms with E-state index in [1.54, 1.807) is 0 Å². The fraction of sp³-hybridized carbons (Fsp3) is 0.972. The standard InChI is InChI=1S/C36H66O2/c1-3-5-7-9-10-11-13-21-31-38-34(37)36(27-19-15-20-28-36)35(26-18-12-8-6-4-2)29-24-33(25-30-35)32-22-16-14-17-23-32/h32-33H,3-31H2,1-2H3. The van der Waals surface area contributed by atoms with Gasteiger partial charge in [0.05, 0.1) is 12.0 Å². The summed E-state index contributed by atoms with van der Waals surface area (Å²) in [4.78, 5) is 14.1. The molecule has 3 aliphatic rings. The van der Waals surface area contributed by atoms with Gasteiger partial charge in [-0.2, -0.15) is 0 Å². The van der Waals surface area contributed by atoms with Crippen LogP contribution in [0, 0.1) is 22.7 Å². The van der Waals surface area contributed by atoms with Crippen molar-refractivity contribution in [3.8, 4) is 0 Å². The lowest BCUT2D eigenvalue weighted by atomic mass is 9.49. The van der Waals surface area contributed by atoms with E-state index >= 15 is 0 Å². The van der Waals surface area contributed by atoms with E-state index in [2.05, 4.69) is 13.8 Å². The quantitative estimate of drug-likeness (QED) is 0.130. The van der Waals surface area contributed by atoms with Crippen LogP contribution in [0.5, 0.6) is 0 Å². The highest BCUT2D eigenvalue weighted by Gasteiger charge is 2.57. The zero-order chi connectivity index (χ0) is 26.9. The van der Waals surface area contributed by atoms with Gasteiger partial charge in [0.15, 0.2) is 0 Å². The number of hydrogen-bond acceptors (Lipinski definition) is 2. The number of ether oxygens (including phenoxy) is 1. The van der Waals surface area contributed by atoms with Gasteiger partial charge in [-0.1, -0.05) is 142 Å². The Bertz CT molecular complexity index is 605. The van der Waals surface area contributed by atoms with Crippen LogP contribution in [0.4, 0.5) is 0 Å². The maximum absolute atomic E-state index is 14.1. The normalized spacial score (nSPS) is 26.3. The van der Waals surface area contributed by atoms with Gasteiger partial charge in [-0.3, -0.25) is 4.79 Å². The van der Waals surface area contributed by atoms with Gasteiger partial charge in [0, 0.05) is 0 Å². The molecule has 0 aromatic carbocycles. The minimum atomic E-state index is -0.187. The molecule has 0 aromatic heterocycles. The zero-order valence-corrected chi connectivity index (χ0v) is 26.0. The van der Waals surface area contributed by atoms with Crippen molar-refractivity contribution in [2.24, 2.45) is 22.7 Å². The molecule has 0 aromatic rings. The van der Waals surface area contributed by atoms with Crippen molar-refractivity contribution >= 4 is 5.97 Å². The third-order valence-corrected chi connectivity index (χ3v) is 11.4. The molecule has 0 radical (unpaired) electrons. The van der Waals surface area contributed by atoms with Gasteiger partial charge in [-0.15, -0.1) is 0 Å². The Balaban J connectivity index is 1.60. The molecule has 0 spiro atoms. The largest absolute Gasteiger partial charge is 0.465 e. The molecule has 0 unspecified atom stereocenters. The van der Waals surface area contributed by atoms with Crippen LogP contribution in [0.3, 0.4) is 0 Å². The first kappa shape index (κ1) is 32.0.